The molecular formula is C17H28N2. The lowest BCUT2D eigenvalue weighted by molar-refractivity contribution is 0.0959. The molecule has 0 spiro atoms. The van der Waals surface area contributed by atoms with E-state index in [2.05, 4.69) is 56.1 Å². The van der Waals surface area contributed by atoms with E-state index in [4.69, 9.17) is 0 Å². The second-order valence-corrected chi connectivity index (χ2v) is 6.55. The lowest BCUT2D eigenvalue weighted by Gasteiger charge is -2.41. The first kappa shape index (κ1) is 14.5. The monoisotopic (exact) mass is 260 g/mol. The maximum atomic E-state index is 3.43. The summed E-state index contributed by atoms with van der Waals surface area (Å²) < 4.78 is 0. The number of piperazine rings is 1. The fourth-order valence-electron chi connectivity index (χ4n) is 3.09. The molecule has 1 N–H and O–H groups in total. The van der Waals surface area contributed by atoms with Crippen LogP contribution in [0.2, 0.25) is 0 Å². The Balaban J connectivity index is 1.96. The van der Waals surface area contributed by atoms with E-state index in [1.165, 1.54) is 42.6 Å². The van der Waals surface area contributed by atoms with Crippen molar-refractivity contribution in [2.75, 3.05) is 26.2 Å². The van der Waals surface area contributed by atoms with Gasteiger partial charge in [-0.15, -0.1) is 0 Å². The molecule has 2 rings (SSSR count). The summed E-state index contributed by atoms with van der Waals surface area (Å²) in [6.07, 6.45) is 2.41. The zero-order chi connectivity index (χ0) is 13.9. The molecule has 106 valence electrons. The third-order valence-corrected chi connectivity index (χ3v) is 4.28. The molecule has 0 unspecified atom stereocenters. The van der Waals surface area contributed by atoms with Crippen LogP contribution in [0.3, 0.4) is 0 Å². The number of benzene rings is 1. The van der Waals surface area contributed by atoms with Crippen molar-refractivity contribution in [3.05, 3.63) is 34.9 Å². The van der Waals surface area contributed by atoms with Crippen LogP contribution < -0.4 is 5.32 Å². The predicted octanol–water partition coefficient (Wildman–Crippen LogP) is 2.92. The molecule has 0 aliphatic carbocycles. The molecule has 0 aromatic heterocycles. The van der Waals surface area contributed by atoms with Crippen molar-refractivity contribution in [3.8, 4) is 0 Å². The van der Waals surface area contributed by atoms with Crippen molar-refractivity contribution in [2.24, 2.45) is 0 Å². The maximum absolute atomic E-state index is 3.43. The fourth-order valence-corrected chi connectivity index (χ4v) is 3.09. The molecule has 0 atom stereocenters. The van der Waals surface area contributed by atoms with Crippen molar-refractivity contribution in [3.63, 3.8) is 0 Å². The average Bonchev–Trinajstić information content (AvgIpc) is 2.37. The second-order valence-electron chi connectivity index (χ2n) is 6.55. The minimum absolute atomic E-state index is 0.305. The van der Waals surface area contributed by atoms with E-state index in [1.807, 2.05) is 0 Å². The van der Waals surface area contributed by atoms with Crippen LogP contribution in [-0.2, 0) is 6.42 Å². The molecule has 1 aromatic carbocycles. The van der Waals surface area contributed by atoms with Gasteiger partial charge in [0.05, 0.1) is 0 Å². The Labute approximate surface area is 118 Å². The van der Waals surface area contributed by atoms with Gasteiger partial charge in [-0.05, 0) is 46.1 Å². The summed E-state index contributed by atoms with van der Waals surface area (Å²) in [5.41, 5.74) is 4.56. The number of nitrogens with zero attached hydrogens (tertiary/aromatic N) is 1. The minimum Gasteiger partial charge on any atom is -0.314 e. The number of rotatable bonds is 4. The Kier molecular flexibility index (Phi) is 4.64. The van der Waals surface area contributed by atoms with E-state index in [0.29, 0.717) is 5.54 Å². The summed E-state index contributed by atoms with van der Waals surface area (Å²) in [6.45, 7) is 13.8. The second kappa shape index (κ2) is 6.06. The van der Waals surface area contributed by atoms with Gasteiger partial charge in [0.2, 0.25) is 0 Å². The van der Waals surface area contributed by atoms with Gasteiger partial charge in [0.1, 0.15) is 0 Å². The molecule has 0 bridgehead atoms. The van der Waals surface area contributed by atoms with Crippen LogP contribution in [0.4, 0.5) is 0 Å². The summed E-state index contributed by atoms with van der Waals surface area (Å²) >= 11 is 0. The van der Waals surface area contributed by atoms with Gasteiger partial charge in [-0.25, -0.2) is 0 Å². The first-order valence-electron chi connectivity index (χ1n) is 7.50. The molecule has 1 fully saturated rings. The van der Waals surface area contributed by atoms with Crippen LogP contribution in [0.15, 0.2) is 18.2 Å². The average molecular weight is 260 g/mol. The van der Waals surface area contributed by atoms with Crippen LogP contribution in [0, 0.1) is 13.8 Å². The van der Waals surface area contributed by atoms with Crippen LogP contribution in [0.25, 0.3) is 0 Å². The smallest absolute Gasteiger partial charge is 0.0157 e. The van der Waals surface area contributed by atoms with E-state index in [9.17, 15) is 0 Å². The topological polar surface area (TPSA) is 15.3 Å². The molecule has 2 nitrogen and oxygen atoms in total. The fraction of sp³-hybridized carbons (Fsp3) is 0.647. The van der Waals surface area contributed by atoms with E-state index in [1.54, 1.807) is 0 Å². The standard InChI is InChI=1S/C17H28N2/c1-14-11-15(2)13-16(12-14)5-6-17(3,4)19-9-7-18-8-10-19/h11-13,18H,5-10H2,1-4H3. The molecule has 0 amide bonds. The van der Waals surface area contributed by atoms with Crippen molar-refractivity contribution < 1.29 is 0 Å². The molecule has 1 heterocycles. The first-order valence-corrected chi connectivity index (χ1v) is 7.50. The quantitative estimate of drug-likeness (QED) is 0.895. The Morgan fingerprint density at radius 3 is 2.21 bits per heavy atom. The molecule has 1 aliphatic rings. The van der Waals surface area contributed by atoms with E-state index in [0.717, 1.165) is 13.1 Å². The number of nitrogens with one attached hydrogen (secondary N) is 1. The largest absolute Gasteiger partial charge is 0.314 e. The first-order chi connectivity index (χ1) is 8.97. The molecular weight excluding hydrogens is 232 g/mol. The summed E-state index contributed by atoms with van der Waals surface area (Å²) in [5, 5.41) is 3.43. The minimum atomic E-state index is 0.305. The number of hydrogen-bond donors (Lipinski definition) is 1. The van der Waals surface area contributed by atoms with Gasteiger partial charge in [0.15, 0.2) is 0 Å². The lowest BCUT2D eigenvalue weighted by Crippen LogP contribution is -2.53. The third kappa shape index (κ3) is 4.05. The molecule has 0 saturated carbocycles. The van der Waals surface area contributed by atoms with Crippen molar-refractivity contribution in [1.82, 2.24) is 10.2 Å². The van der Waals surface area contributed by atoms with Gasteiger partial charge in [-0.2, -0.15) is 0 Å². The Bertz CT molecular complexity index is 397. The number of hydrogen-bond acceptors (Lipinski definition) is 2. The molecule has 2 heteroatoms. The SMILES string of the molecule is Cc1cc(C)cc(CCC(C)(C)N2CCNCC2)c1. The van der Waals surface area contributed by atoms with Crippen molar-refractivity contribution in [1.29, 1.82) is 0 Å². The van der Waals surface area contributed by atoms with Gasteiger partial charge < -0.3 is 5.32 Å². The van der Waals surface area contributed by atoms with E-state index >= 15 is 0 Å². The zero-order valence-electron chi connectivity index (χ0n) is 12.9. The predicted molar refractivity (Wildman–Crippen MR) is 82.8 cm³/mol. The van der Waals surface area contributed by atoms with Gasteiger partial charge in [-0.1, -0.05) is 29.3 Å². The summed E-state index contributed by atoms with van der Waals surface area (Å²) in [5.74, 6) is 0. The zero-order valence-corrected chi connectivity index (χ0v) is 12.9. The van der Waals surface area contributed by atoms with Gasteiger partial charge in [0, 0.05) is 31.7 Å². The Hall–Kier alpha value is -0.860. The van der Waals surface area contributed by atoms with Gasteiger partial charge >= 0.3 is 0 Å². The highest BCUT2D eigenvalue weighted by atomic mass is 15.2. The Morgan fingerprint density at radius 1 is 1.05 bits per heavy atom. The normalized spacial score (nSPS) is 17.7. The van der Waals surface area contributed by atoms with Gasteiger partial charge in [0.25, 0.3) is 0 Å². The van der Waals surface area contributed by atoms with Crippen LogP contribution in [-0.4, -0.2) is 36.6 Å². The molecule has 1 saturated heterocycles. The summed E-state index contributed by atoms with van der Waals surface area (Å²) in [6, 6.07) is 6.92. The maximum Gasteiger partial charge on any atom is 0.0157 e. The van der Waals surface area contributed by atoms with Crippen LogP contribution >= 0.6 is 0 Å². The van der Waals surface area contributed by atoms with Crippen LogP contribution in [0.5, 0.6) is 0 Å². The third-order valence-electron chi connectivity index (χ3n) is 4.28. The highest BCUT2D eigenvalue weighted by Gasteiger charge is 2.27. The van der Waals surface area contributed by atoms with Crippen molar-refractivity contribution in [2.45, 2.75) is 46.1 Å². The molecule has 1 aliphatic heterocycles. The van der Waals surface area contributed by atoms with Gasteiger partial charge in [-0.3, -0.25) is 4.90 Å². The summed E-state index contributed by atoms with van der Waals surface area (Å²) in [4.78, 5) is 2.63. The molecule has 1 aromatic rings. The molecule has 19 heavy (non-hydrogen) atoms. The molecule has 0 radical (unpaired) electrons. The van der Waals surface area contributed by atoms with Crippen LogP contribution in [0.1, 0.15) is 37.0 Å². The highest BCUT2D eigenvalue weighted by molar-refractivity contribution is 5.28. The summed E-state index contributed by atoms with van der Waals surface area (Å²) in [7, 11) is 0. The van der Waals surface area contributed by atoms with E-state index < -0.39 is 0 Å². The highest BCUT2D eigenvalue weighted by Crippen LogP contribution is 2.22. The number of aryl methyl sites for hydroxylation is 3. The van der Waals surface area contributed by atoms with E-state index in [-0.39, 0.29) is 0 Å². The lowest BCUT2D eigenvalue weighted by atomic mass is 9.92. The van der Waals surface area contributed by atoms with Crippen molar-refractivity contribution >= 4 is 0 Å². The Morgan fingerprint density at radius 2 is 1.63 bits per heavy atom.